The second kappa shape index (κ2) is 9.01. The molecular weight excluding hydrogens is 460 g/mol. The van der Waals surface area contributed by atoms with Gasteiger partial charge in [0.15, 0.2) is 11.5 Å². The number of carbonyl (C=O) groups is 2. The summed E-state index contributed by atoms with van der Waals surface area (Å²) in [7, 11) is -3.08. The van der Waals surface area contributed by atoms with Gasteiger partial charge in [-0.2, -0.15) is 8.42 Å². The predicted molar refractivity (Wildman–Crippen MR) is 117 cm³/mol. The summed E-state index contributed by atoms with van der Waals surface area (Å²) < 4.78 is 35.7. The Kier molecular flexibility index (Phi) is 6.55. The smallest absolute Gasteiger partial charge is 0.339 e. The quantitative estimate of drug-likeness (QED) is 0.252. The minimum absolute atomic E-state index is 0.0543. The third kappa shape index (κ3) is 4.60. The average Bonchev–Trinajstić information content (AvgIpc) is 3.01. The molecular formula is C20H18N2O8S2. The first-order valence-corrected chi connectivity index (χ1v) is 11.4. The Morgan fingerprint density at radius 2 is 1.88 bits per heavy atom. The van der Waals surface area contributed by atoms with Gasteiger partial charge in [0, 0.05) is 18.2 Å². The Balaban J connectivity index is 1.91. The molecule has 2 aromatic carbocycles. The molecule has 1 fully saturated rings. The van der Waals surface area contributed by atoms with Crippen LogP contribution in [0.2, 0.25) is 0 Å². The SMILES string of the molecule is CCN1C(=O)S/C(=C\c2ccc(OS(=O)(=O)c3ccc(C)c([N+](=O)[O-])c3)c(OC)c2)C1=O. The highest BCUT2D eigenvalue weighted by Crippen LogP contribution is 2.35. The van der Waals surface area contributed by atoms with Gasteiger partial charge in [-0.05, 0) is 55.4 Å². The fourth-order valence-corrected chi connectivity index (χ4v) is 4.74. The van der Waals surface area contributed by atoms with E-state index in [0.717, 1.165) is 22.7 Å². The molecule has 0 saturated carbocycles. The molecule has 12 heteroatoms. The third-order valence-corrected chi connectivity index (χ3v) is 6.68. The van der Waals surface area contributed by atoms with Gasteiger partial charge < -0.3 is 8.92 Å². The number of thioether (sulfide) groups is 1. The number of methoxy groups -OCH3 is 1. The maximum Gasteiger partial charge on any atom is 0.339 e. The summed E-state index contributed by atoms with van der Waals surface area (Å²) in [5.74, 6) is -0.501. The highest BCUT2D eigenvalue weighted by atomic mass is 32.2. The summed E-state index contributed by atoms with van der Waals surface area (Å²) in [4.78, 5) is 35.5. The number of nitrogens with zero attached hydrogens (tertiary/aromatic N) is 2. The van der Waals surface area contributed by atoms with Crippen molar-refractivity contribution in [3.63, 3.8) is 0 Å². The number of rotatable bonds is 7. The van der Waals surface area contributed by atoms with E-state index in [0.29, 0.717) is 11.1 Å². The van der Waals surface area contributed by atoms with E-state index >= 15 is 0 Å². The number of amides is 2. The number of likely N-dealkylation sites (N-methyl/N-ethyl adjacent to an activating group) is 1. The van der Waals surface area contributed by atoms with E-state index in [2.05, 4.69) is 0 Å². The monoisotopic (exact) mass is 478 g/mol. The molecule has 0 aliphatic carbocycles. The lowest BCUT2D eigenvalue weighted by atomic mass is 10.2. The van der Waals surface area contributed by atoms with Gasteiger partial charge in [0.1, 0.15) is 4.90 Å². The van der Waals surface area contributed by atoms with E-state index in [-0.39, 0.29) is 38.8 Å². The van der Waals surface area contributed by atoms with Crippen LogP contribution in [-0.4, -0.2) is 43.0 Å². The predicted octanol–water partition coefficient (Wildman–Crippen LogP) is 3.74. The first kappa shape index (κ1) is 23.3. The molecule has 0 aromatic heterocycles. The standard InChI is InChI=1S/C20H18N2O8S2/c1-4-21-19(23)18(31-20(21)24)10-13-6-8-16(17(9-13)29-3)30-32(27,28)14-7-5-12(2)15(11-14)22(25)26/h5-11H,4H2,1-3H3/b18-10-. The molecule has 0 atom stereocenters. The lowest BCUT2D eigenvalue weighted by Gasteiger charge is -2.12. The first-order valence-electron chi connectivity index (χ1n) is 9.20. The van der Waals surface area contributed by atoms with Crippen LogP contribution < -0.4 is 8.92 Å². The highest BCUT2D eigenvalue weighted by molar-refractivity contribution is 8.18. The summed E-state index contributed by atoms with van der Waals surface area (Å²) in [5, 5.41) is 10.8. The molecule has 2 aromatic rings. The Bertz CT molecular complexity index is 1250. The van der Waals surface area contributed by atoms with Crippen LogP contribution in [0.5, 0.6) is 11.5 Å². The second-order valence-corrected chi connectivity index (χ2v) is 9.12. The van der Waals surface area contributed by atoms with Crippen LogP contribution >= 0.6 is 11.8 Å². The lowest BCUT2D eigenvalue weighted by molar-refractivity contribution is -0.385. The molecule has 32 heavy (non-hydrogen) atoms. The van der Waals surface area contributed by atoms with Crippen LogP contribution in [0.3, 0.4) is 0 Å². The number of hydrogen-bond donors (Lipinski definition) is 0. The van der Waals surface area contributed by atoms with Gasteiger partial charge in [-0.3, -0.25) is 24.6 Å². The largest absolute Gasteiger partial charge is 0.493 e. The van der Waals surface area contributed by atoms with Gasteiger partial charge in [-0.25, -0.2) is 0 Å². The lowest BCUT2D eigenvalue weighted by Crippen LogP contribution is -2.27. The highest BCUT2D eigenvalue weighted by Gasteiger charge is 2.33. The van der Waals surface area contributed by atoms with Crippen molar-refractivity contribution in [3.05, 3.63) is 62.5 Å². The van der Waals surface area contributed by atoms with Crippen molar-refractivity contribution in [3.8, 4) is 11.5 Å². The number of benzene rings is 2. The molecule has 0 bridgehead atoms. The Hall–Kier alpha value is -3.38. The molecule has 0 unspecified atom stereocenters. The van der Waals surface area contributed by atoms with Crippen LogP contribution in [0, 0.1) is 17.0 Å². The minimum Gasteiger partial charge on any atom is -0.493 e. The molecule has 10 nitrogen and oxygen atoms in total. The van der Waals surface area contributed by atoms with Crippen LogP contribution in [0.1, 0.15) is 18.1 Å². The second-order valence-electron chi connectivity index (χ2n) is 6.58. The fraction of sp³-hybridized carbons (Fsp3) is 0.200. The number of aryl methyl sites for hydroxylation is 1. The summed E-state index contributed by atoms with van der Waals surface area (Å²) in [6.07, 6.45) is 1.49. The maximum absolute atomic E-state index is 12.7. The third-order valence-electron chi connectivity index (χ3n) is 4.54. The maximum atomic E-state index is 12.7. The summed E-state index contributed by atoms with van der Waals surface area (Å²) in [6.45, 7) is 3.44. The zero-order chi connectivity index (χ0) is 23.6. The Labute approximate surface area is 188 Å². The zero-order valence-electron chi connectivity index (χ0n) is 17.2. The van der Waals surface area contributed by atoms with Crippen LogP contribution in [0.4, 0.5) is 10.5 Å². The Morgan fingerprint density at radius 1 is 1.16 bits per heavy atom. The number of ether oxygens (including phenoxy) is 1. The van der Waals surface area contributed by atoms with Gasteiger partial charge in [0.05, 0.1) is 16.9 Å². The van der Waals surface area contributed by atoms with E-state index in [1.807, 2.05) is 0 Å². The molecule has 0 N–H and O–H groups in total. The van der Waals surface area contributed by atoms with Gasteiger partial charge in [0.25, 0.3) is 16.8 Å². The molecule has 1 aliphatic heterocycles. The number of nitro benzene ring substituents is 1. The molecule has 3 rings (SSSR count). The average molecular weight is 479 g/mol. The van der Waals surface area contributed by atoms with Crippen LogP contribution in [0.15, 0.2) is 46.2 Å². The number of imide groups is 1. The molecule has 0 spiro atoms. The van der Waals surface area contributed by atoms with E-state index in [9.17, 15) is 28.1 Å². The van der Waals surface area contributed by atoms with Crippen molar-refractivity contribution in [2.75, 3.05) is 13.7 Å². The molecule has 2 amide bonds. The van der Waals surface area contributed by atoms with Crippen molar-refractivity contribution in [2.24, 2.45) is 0 Å². The normalized spacial score (nSPS) is 15.3. The molecule has 1 saturated heterocycles. The van der Waals surface area contributed by atoms with Crippen molar-refractivity contribution >= 4 is 44.8 Å². The van der Waals surface area contributed by atoms with Crippen molar-refractivity contribution in [1.82, 2.24) is 4.90 Å². The molecule has 1 aliphatic rings. The minimum atomic E-state index is -4.39. The molecule has 168 valence electrons. The topological polar surface area (TPSA) is 133 Å². The van der Waals surface area contributed by atoms with Crippen LogP contribution in [-0.2, 0) is 14.9 Å². The van der Waals surface area contributed by atoms with Gasteiger partial charge >= 0.3 is 10.1 Å². The summed E-state index contributed by atoms with van der Waals surface area (Å²) in [6, 6.07) is 7.72. The van der Waals surface area contributed by atoms with Crippen molar-refractivity contribution in [2.45, 2.75) is 18.7 Å². The van der Waals surface area contributed by atoms with Crippen molar-refractivity contribution in [1.29, 1.82) is 0 Å². The molecule has 0 radical (unpaired) electrons. The number of hydrogen-bond acceptors (Lipinski definition) is 9. The van der Waals surface area contributed by atoms with E-state index < -0.39 is 20.9 Å². The Morgan fingerprint density at radius 3 is 2.47 bits per heavy atom. The first-order chi connectivity index (χ1) is 15.1. The van der Waals surface area contributed by atoms with Crippen molar-refractivity contribution < 1.29 is 31.9 Å². The van der Waals surface area contributed by atoms with E-state index in [1.54, 1.807) is 6.92 Å². The summed E-state index contributed by atoms with van der Waals surface area (Å²) >= 11 is 0.806. The van der Waals surface area contributed by atoms with Gasteiger partial charge in [-0.1, -0.05) is 12.1 Å². The van der Waals surface area contributed by atoms with E-state index in [4.69, 9.17) is 8.92 Å². The summed E-state index contributed by atoms with van der Waals surface area (Å²) in [5.41, 5.74) is 0.445. The number of nitro groups is 1. The fourth-order valence-electron chi connectivity index (χ4n) is 2.87. The van der Waals surface area contributed by atoms with Gasteiger partial charge in [0.2, 0.25) is 0 Å². The van der Waals surface area contributed by atoms with Crippen LogP contribution in [0.25, 0.3) is 6.08 Å². The van der Waals surface area contributed by atoms with Gasteiger partial charge in [-0.15, -0.1) is 0 Å². The zero-order valence-corrected chi connectivity index (χ0v) is 18.9. The molecule has 1 heterocycles. The number of carbonyl (C=O) groups excluding carboxylic acids is 2. The van der Waals surface area contributed by atoms with E-state index in [1.165, 1.54) is 50.4 Å².